The maximum Gasteiger partial charge on any atom is 0.416 e. The first-order valence-electron chi connectivity index (χ1n) is 13.3. The first kappa shape index (κ1) is 39.6. The molecule has 52 heavy (non-hydrogen) atoms. The molecule has 0 radical (unpaired) electrons. The second-order valence-corrected chi connectivity index (χ2v) is 10.4. The Morgan fingerprint density at radius 3 is 0.692 bits per heavy atom. The van der Waals surface area contributed by atoms with E-state index in [0.717, 1.165) is 0 Å². The van der Waals surface area contributed by atoms with E-state index in [1.54, 1.807) is 0 Å². The monoisotopic (exact) mass is 777 g/mol. The molecule has 0 aromatic heterocycles. The summed E-state index contributed by atoms with van der Waals surface area (Å²) in [4.78, 5) is 0. The first-order chi connectivity index (χ1) is 23.4. The molecule has 4 rings (SSSR count). The number of alkyl halides is 18. The molecule has 282 valence electrons. The topological polar surface area (TPSA) is 53.7 Å². The van der Waals surface area contributed by atoms with Crippen LogP contribution in [0.4, 0.5) is 84.7 Å². The third-order valence-electron chi connectivity index (χ3n) is 6.45. The Morgan fingerprint density at radius 1 is 0.288 bits per heavy atom. The molecule has 0 fully saturated rings. The Balaban J connectivity index is 1.94. The highest BCUT2D eigenvalue weighted by Crippen LogP contribution is 2.47. The van der Waals surface area contributed by atoms with Gasteiger partial charge in [-0.2, -0.15) is 79.0 Å². The number of nitrogen functional groups attached to an aromatic ring is 1. The minimum atomic E-state index is -5.44. The summed E-state index contributed by atoms with van der Waals surface area (Å²) in [5.74, 6) is -7.24. The molecule has 0 saturated heterocycles. The van der Waals surface area contributed by atoms with E-state index in [1.807, 2.05) is 0 Å². The van der Waals surface area contributed by atoms with Crippen molar-refractivity contribution >= 4 is 5.69 Å². The quantitative estimate of drug-likeness (QED) is 0.156. The summed E-state index contributed by atoms with van der Waals surface area (Å²) in [5, 5.41) is 0. The van der Waals surface area contributed by atoms with Crippen LogP contribution < -0.4 is 19.9 Å². The molecular formula is C30H13F18NO3. The average Bonchev–Trinajstić information content (AvgIpc) is 2.96. The van der Waals surface area contributed by atoms with Gasteiger partial charge in [0.1, 0.15) is 28.7 Å². The number of nitrogens with two attached hydrogens (primary N) is 1. The number of halogens is 18. The predicted molar refractivity (Wildman–Crippen MR) is 140 cm³/mol. The molecule has 0 bridgehead atoms. The molecule has 0 aliphatic heterocycles. The molecule has 4 nitrogen and oxygen atoms in total. The van der Waals surface area contributed by atoms with Crippen molar-refractivity contribution < 1.29 is 93.2 Å². The lowest BCUT2D eigenvalue weighted by atomic mass is 10.1. The molecule has 0 unspecified atom stereocenters. The van der Waals surface area contributed by atoms with Crippen LogP contribution in [0.15, 0.2) is 66.7 Å². The lowest BCUT2D eigenvalue weighted by Gasteiger charge is -2.19. The Kier molecular flexibility index (Phi) is 9.98. The van der Waals surface area contributed by atoms with Gasteiger partial charge in [-0.3, -0.25) is 0 Å². The lowest BCUT2D eigenvalue weighted by Crippen LogP contribution is -2.11. The molecule has 4 aromatic rings. The smallest absolute Gasteiger partial charge is 0.416 e. The van der Waals surface area contributed by atoms with E-state index in [9.17, 15) is 79.0 Å². The second kappa shape index (κ2) is 13.1. The van der Waals surface area contributed by atoms with Crippen molar-refractivity contribution in [2.45, 2.75) is 37.1 Å². The molecule has 0 aliphatic rings. The van der Waals surface area contributed by atoms with Crippen molar-refractivity contribution in [2.75, 3.05) is 5.73 Å². The highest BCUT2D eigenvalue weighted by Gasteiger charge is 2.40. The fourth-order valence-corrected chi connectivity index (χ4v) is 4.15. The van der Waals surface area contributed by atoms with Crippen LogP contribution in [0.2, 0.25) is 0 Å². The number of rotatable bonds is 6. The van der Waals surface area contributed by atoms with Crippen LogP contribution in [0.5, 0.6) is 34.5 Å². The van der Waals surface area contributed by atoms with Gasteiger partial charge in [0.05, 0.1) is 33.4 Å². The zero-order valence-electron chi connectivity index (χ0n) is 24.5. The van der Waals surface area contributed by atoms with Crippen LogP contribution in [0.1, 0.15) is 33.4 Å². The van der Waals surface area contributed by atoms with Crippen molar-refractivity contribution in [1.29, 1.82) is 0 Å². The molecule has 0 amide bonds. The molecule has 0 spiro atoms. The van der Waals surface area contributed by atoms with Gasteiger partial charge in [-0.1, -0.05) is 0 Å². The standard InChI is InChI=1S/C30H13F18NO3/c31-25(32,33)12-1-13(26(34,35)36)5-18(4-12)50-21-10-22(51-19-6-14(27(37,38)39)2-15(7-19)28(40,41)42)24(49)23(11-21)52-20-8-16(29(43,44)45)3-17(9-20)30(46,47)48/h1-11H,49H2. The second-order valence-electron chi connectivity index (χ2n) is 10.4. The zero-order valence-corrected chi connectivity index (χ0v) is 24.5. The summed E-state index contributed by atoms with van der Waals surface area (Å²) < 4.78 is 257. The summed E-state index contributed by atoms with van der Waals surface area (Å²) in [6, 6.07) is -0.189. The van der Waals surface area contributed by atoms with Crippen molar-refractivity contribution in [3.05, 3.63) is 100 Å². The molecular weight excluding hydrogens is 764 g/mol. The van der Waals surface area contributed by atoms with Gasteiger partial charge in [-0.25, -0.2) is 0 Å². The predicted octanol–water partition coefficient (Wildman–Crippen LogP) is 12.8. The number of hydrogen-bond donors (Lipinski definition) is 1. The molecule has 0 atom stereocenters. The van der Waals surface area contributed by atoms with E-state index in [-0.39, 0.29) is 54.6 Å². The van der Waals surface area contributed by atoms with Gasteiger partial charge in [0.25, 0.3) is 0 Å². The summed E-state index contributed by atoms with van der Waals surface area (Å²) >= 11 is 0. The van der Waals surface area contributed by atoms with Gasteiger partial charge in [0, 0.05) is 12.1 Å². The summed E-state index contributed by atoms with van der Waals surface area (Å²) in [6.45, 7) is 0. The largest absolute Gasteiger partial charge is 0.457 e. The Hall–Kier alpha value is -5.18. The average molecular weight is 777 g/mol. The van der Waals surface area contributed by atoms with Crippen molar-refractivity contribution in [1.82, 2.24) is 0 Å². The third kappa shape index (κ3) is 9.57. The van der Waals surface area contributed by atoms with Crippen LogP contribution in [0.3, 0.4) is 0 Å². The summed E-state index contributed by atoms with van der Waals surface area (Å²) in [7, 11) is 0. The van der Waals surface area contributed by atoms with Gasteiger partial charge >= 0.3 is 37.1 Å². The first-order valence-corrected chi connectivity index (χ1v) is 13.3. The number of benzene rings is 4. The Labute approximate surface area is 276 Å². The molecule has 0 aliphatic carbocycles. The van der Waals surface area contributed by atoms with Crippen LogP contribution in [0, 0.1) is 0 Å². The maximum absolute atomic E-state index is 13.4. The van der Waals surface area contributed by atoms with Gasteiger partial charge in [0.15, 0.2) is 11.5 Å². The zero-order chi connectivity index (χ0) is 39.4. The fourth-order valence-electron chi connectivity index (χ4n) is 4.15. The van der Waals surface area contributed by atoms with Crippen molar-refractivity contribution in [2.24, 2.45) is 0 Å². The number of hydrogen-bond acceptors (Lipinski definition) is 4. The van der Waals surface area contributed by atoms with Gasteiger partial charge in [-0.15, -0.1) is 0 Å². The third-order valence-corrected chi connectivity index (χ3v) is 6.45. The van der Waals surface area contributed by atoms with Crippen LogP contribution in [0.25, 0.3) is 0 Å². The number of ether oxygens (including phenoxy) is 3. The fraction of sp³-hybridized carbons (Fsp3) is 0.200. The van der Waals surface area contributed by atoms with Crippen molar-refractivity contribution in [3.8, 4) is 34.5 Å². The van der Waals surface area contributed by atoms with Gasteiger partial charge in [0.2, 0.25) is 0 Å². The normalized spacial score (nSPS) is 13.3. The molecule has 2 N–H and O–H groups in total. The lowest BCUT2D eigenvalue weighted by molar-refractivity contribution is -0.144. The van der Waals surface area contributed by atoms with E-state index < -0.39 is 111 Å². The van der Waals surface area contributed by atoms with E-state index in [2.05, 4.69) is 0 Å². The summed E-state index contributed by atoms with van der Waals surface area (Å²) in [5.41, 5.74) is -6.95. The maximum atomic E-state index is 13.4. The Bertz CT molecular complexity index is 1760. The van der Waals surface area contributed by atoms with Crippen LogP contribution in [-0.4, -0.2) is 0 Å². The van der Waals surface area contributed by atoms with Crippen molar-refractivity contribution in [3.63, 3.8) is 0 Å². The highest BCUT2D eigenvalue weighted by molar-refractivity contribution is 5.68. The van der Waals surface area contributed by atoms with E-state index in [4.69, 9.17) is 19.9 Å². The van der Waals surface area contributed by atoms with E-state index in [0.29, 0.717) is 12.1 Å². The highest BCUT2D eigenvalue weighted by atomic mass is 19.4. The van der Waals surface area contributed by atoms with Gasteiger partial charge < -0.3 is 19.9 Å². The minimum Gasteiger partial charge on any atom is -0.457 e. The summed E-state index contributed by atoms with van der Waals surface area (Å²) in [6.07, 6.45) is -32.6. The molecule has 0 saturated carbocycles. The van der Waals surface area contributed by atoms with Crippen LogP contribution in [-0.2, 0) is 37.1 Å². The minimum absolute atomic E-state index is 0.00638. The van der Waals surface area contributed by atoms with Gasteiger partial charge in [-0.05, 0) is 54.6 Å². The van der Waals surface area contributed by atoms with E-state index in [1.165, 1.54) is 0 Å². The molecule has 0 heterocycles. The number of anilines is 1. The van der Waals surface area contributed by atoms with Crippen LogP contribution >= 0.6 is 0 Å². The molecule has 22 heteroatoms. The van der Waals surface area contributed by atoms with E-state index >= 15 is 0 Å². The Morgan fingerprint density at radius 2 is 0.481 bits per heavy atom. The SMILES string of the molecule is Nc1c(Oc2cc(C(F)(F)F)cc(C(F)(F)F)c2)cc(Oc2cc(C(F)(F)F)cc(C(F)(F)F)c2)cc1Oc1cc(C(F)(F)F)cc(C(F)(F)F)c1. The molecule has 4 aromatic carbocycles.